The molecule has 0 saturated carbocycles. The summed E-state index contributed by atoms with van der Waals surface area (Å²) in [4.78, 5) is 0. The number of hydrazone groups is 1. The average Bonchev–Trinajstić information content (AvgIpc) is 2.48. The summed E-state index contributed by atoms with van der Waals surface area (Å²) >= 11 is 17.0. The molecule has 0 aliphatic rings. The molecule has 0 unspecified atom stereocenters. The summed E-state index contributed by atoms with van der Waals surface area (Å²) in [5, 5.41) is 8.67. The van der Waals surface area contributed by atoms with Crippen LogP contribution in [0.1, 0.15) is 11.1 Å². The lowest BCUT2D eigenvalue weighted by Crippen LogP contribution is -2.31. The molecule has 0 heterocycles. The molecule has 2 aromatic carbocycles. The van der Waals surface area contributed by atoms with Gasteiger partial charge in [-0.3, -0.25) is 5.43 Å². The van der Waals surface area contributed by atoms with Crippen molar-refractivity contribution in [3.63, 3.8) is 0 Å². The summed E-state index contributed by atoms with van der Waals surface area (Å²) in [5.41, 5.74) is 4.65. The second-order valence-electron chi connectivity index (χ2n) is 4.20. The van der Waals surface area contributed by atoms with Gasteiger partial charge in [-0.1, -0.05) is 59.6 Å². The highest BCUT2D eigenvalue weighted by atomic mass is 35.5. The molecule has 0 aliphatic carbocycles. The van der Waals surface area contributed by atoms with Crippen molar-refractivity contribution in [3.8, 4) is 0 Å². The van der Waals surface area contributed by atoms with Crippen molar-refractivity contribution < 1.29 is 0 Å². The van der Waals surface area contributed by atoms with Gasteiger partial charge in [-0.05, 0) is 29.9 Å². The predicted octanol–water partition coefficient (Wildman–Crippen LogP) is 3.99. The smallest absolute Gasteiger partial charge is 0.187 e. The molecule has 0 bridgehead atoms. The van der Waals surface area contributed by atoms with Crippen molar-refractivity contribution >= 4 is 46.7 Å². The highest BCUT2D eigenvalue weighted by Crippen LogP contribution is 2.19. The Hall–Kier alpha value is -1.62. The Morgan fingerprint density at radius 1 is 1.14 bits per heavy atom. The molecule has 3 nitrogen and oxygen atoms in total. The number of benzene rings is 2. The van der Waals surface area contributed by atoms with E-state index >= 15 is 0 Å². The molecule has 2 N–H and O–H groups in total. The van der Waals surface area contributed by atoms with Gasteiger partial charge in [0.05, 0.1) is 11.2 Å². The van der Waals surface area contributed by atoms with Crippen LogP contribution in [-0.2, 0) is 6.54 Å². The van der Waals surface area contributed by atoms with Crippen LogP contribution in [0.2, 0.25) is 10.0 Å². The van der Waals surface area contributed by atoms with Crippen molar-refractivity contribution in [2.24, 2.45) is 5.10 Å². The number of thiocarbonyl (C=S) groups is 1. The standard InChI is InChI=1S/C15H13Cl2N3S/c16-13-7-6-12(14(17)8-13)10-19-20-15(21)18-9-11-4-2-1-3-5-11/h1-8,10H,9H2,(H2,18,20,21)/b19-10+. The van der Waals surface area contributed by atoms with Gasteiger partial charge in [-0.15, -0.1) is 0 Å². The summed E-state index contributed by atoms with van der Waals surface area (Å²) < 4.78 is 0. The topological polar surface area (TPSA) is 36.4 Å². The van der Waals surface area contributed by atoms with Gasteiger partial charge in [0.15, 0.2) is 5.11 Å². The molecule has 0 aliphatic heterocycles. The monoisotopic (exact) mass is 337 g/mol. The van der Waals surface area contributed by atoms with Gasteiger partial charge in [0, 0.05) is 17.1 Å². The molecular formula is C15H13Cl2N3S. The highest BCUT2D eigenvalue weighted by molar-refractivity contribution is 7.80. The van der Waals surface area contributed by atoms with Gasteiger partial charge in [-0.2, -0.15) is 5.10 Å². The summed E-state index contributed by atoms with van der Waals surface area (Å²) in [6, 6.07) is 15.2. The number of hydrogen-bond donors (Lipinski definition) is 2. The molecule has 0 spiro atoms. The number of rotatable bonds is 4. The van der Waals surface area contributed by atoms with E-state index in [0.717, 1.165) is 11.1 Å². The zero-order valence-corrected chi connectivity index (χ0v) is 13.3. The van der Waals surface area contributed by atoms with Gasteiger partial charge in [0.1, 0.15) is 0 Å². The largest absolute Gasteiger partial charge is 0.357 e. The number of halogens is 2. The van der Waals surface area contributed by atoms with Gasteiger partial charge in [0.2, 0.25) is 0 Å². The summed E-state index contributed by atoms with van der Waals surface area (Å²) in [7, 11) is 0. The Labute approximate surface area is 139 Å². The molecule has 0 fully saturated rings. The molecule has 108 valence electrons. The molecule has 21 heavy (non-hydrogen) atoms. The van der Waals surface area contributed by atoms with E-state index in [1.807, 2.05) is 30.3 Å². The van der Waals surface area contributed by atoms with Crippen LogP contribution in [0, 0.1) is 0 Å². The third-order valence-corrected chi connectivity index (χ3v) is 3.43. The van der Waals surface area contributed by atoms with E-state index in [1.54, 1.807) is 24.4 Å². The third-order valence-electron chi connectivity index (χ3n) is 2.63. The fourth-order valence-electron chi connectivity index (χ4n) is 1.58. The van der Waals surface area contributed by atoms with E-state index in [9.17, 15) is 0 Å². The van der Waals surface area contributed by atoms with E-state index in [-0.39, 0.29) is 0 Å². The van der Waals surface area contributed by atoms with Crippen LogP contribution in [0.25, 0.3) is 0 Å². The second kappa shape index (κ2) is 7.98. The highest BCUT2D eigenvalue weighted by Gasteiger charge is 1.98. The van der Waals surface area contributed by atoms with Crippen molar-refractivity contribution in [1.29, 1.82) is 0 Å². The molecule has 0 amide bonds. The van der Waals surface area contributed by atoms with Crippen LogP contribution in [0.4, 0.5) is 0 Å². The maximum atomic E-state index is 6.03. The molecule has 0 aromatic heterocycles. The summed E-state index contributed by atoms with van der Waals surface area (Å²) in [5.74, 6) is 0. The van der Waals surface area contributed by atoms with Gasteiger partial charge in [-0.25, -0.2) is 0 Å². The van der Waals surface area contributed by atoms with E-state index in [2.05, 4.69) is 15.8 Å². The molecule has 2 rings (SSSR count). The zero-order chi connectivity index (χ0) is 15.1. The molecule has 0 atom stereocenters. The molecular weight excluding hydrogens is 325 g/mol. The van der Waals surface area contributed by atoms with Crippen molar-refractivity contribution in [2.75, 3.05) is 0 Å². The third kappa shape index (κ3) is 5.34. The van der Waals surface area contributed by atoms with Crippen LogP contribution in [-0.4, -0.2) is 11.3 Å². The minimum absolute atomic E-state index is 0.445. The first kappa shape index (κ1) is 15.8. The SMILES string of the molecule is S=C(NCc1ccccc1)N/N=C/c1ccc(Cl)cc1Cl. The lowest BCUT2D eigenvalue weighted by Gasteiger charge is -2.06. The molecule has 0 radical (unpaired) electrons. The second-order valence-corrected chi connectivity index (χ2v) is 5.46. The van der Waals surface area contributed by atoms with Crippen molar-refractivity contribution in [1.82, 2.24) is 10.7 Å². The summed E-state index contributed by atoms with van der Waals surface area (Å²) in [6.45, 7) is 0.643. The van der Waals surface area contributed by atoms with Crippen LogP contribution in [0.3, 0.4) is 0 Å². The van der Waals surface area contributed by atoms with Crippen LogP contribution < -0.4 is 10.7 Å². The predicted molar refractivity (Wildman–Crippen MR) is 93.1 cm³/mol. The van der Waals surface area contributed by atoms with Gasteiger partial charge in [0.25, 0.3) is 0 Å². The van der Waals surface area contributed by atoms with E-state index < -0.39 is 0 Å². The van der Waals surface area contributed by atoms with Crippen LogP contribution >= 0.6 is 35.4 Å². The molecule has 0 saturated heterocycles. The Balaban J connectivity index is 1.82. The first-order chi connectivity index (χ1) is 10.1. The maximum Gasteiger partial charge on any atom is 0.187 e. The van der Waals surface area contributed by atoms with Gasteiger partial charge >= 0.3 is 0 Å². The van der Waals surface area contributed by atoms with Crippen molar-refractivity contribution in [2.45, 2.75) is 6.54 Å². The zero-order valence-electron chi connectivity index (χ0n) is 11.0. The fraction of sp³-hybridized carbons (Fsp3) is 0.0667. The Morgan fingerprint density at radius 3 is 2.62 bits per heavy atom. The minimum atomic E-state index is 0.445. The fourth-order valence-corrected chi connectivity index (χ4v) is 2.17. The van der Waals surface area contributed by atoms with Crippen LogP contribution in [0.5, 0.6) is 0 Å². The minimum Gasteiger partial charge on any atom is -0.357 e. The van der Waals surface area contributed by atoms with Crippen molar-refractivity contribution in [3.05, 3.63) is 69.7 Å². The Morgan fingerprint density at radius 2 is 1.90 bits per heavy atom. The molecule has 2 aromatic rings. The lowest BCUT2D eigenvalue weighted by atomic mass is 10.2. The Kier molecular flexibility index (Phi) is 5.99. The van der Waals surface area contributed by atoms with Gasteiger partial charge < -0.3 is 5.32 Å². The van der Waals surface area contributed by atoms with E-state index in [1.165, 1.54) is 0 Å². The normalized spacial score (nSPS) is 10.6. The first-order valence-electron chi connectivity index (χ1n) is 6.21. The van der Waals surface area contributed by atoms with E-state index in [4.69, 9.17) is 35.4 Å². The number of hydrogen-bond acceptors (Lipinski definition) is 2. The number of nitrogens with one attached hydrogen (secondary N) is 2. The average molecular weight is 338 g/mol. The summed E-state index contributed by atoms with van der Waals surface area (Å²) in [6.07, 6.45) is 1.59. The van der Waals surface area contributed by atoms with E-state index in [0.29, 0.717) is 21.7 Å². The Bertz CT molecular complexity index is 645. The lowest BCUT2D eigenvalue weighted by molar-refractivity contribution is 0.869. The van der Waals surface area contributed by atoms with Crippen LogP contribution in [0.15, 0.2) is 53.6 Å². The molecule has 6 heteroatoms. The quantitative estimate of drug-likeness (QED) is 0.503. The first-order valence-corrected chi connectivity index (χ1v) is 7.37. The number of nitrogens with zero attached hydrogens (tertiary/aromatic N) is 1. The maximum absolute atomic E-state index is 6.03.